The molecule has 1 fully saturated rings. The van der Waals surface area contributed by atoms with Crippen molar-refractivity contribution in [3.63, 3.8) is 0 Å². The summed E-state index contributed by atoms with van der Waals surface area (Å²) < 4.78 is 5.43. The van der Waals surface area contributed by atoms with Gasteiger partial charge in [-0.1, -0.05) is 12.1 Å². The first-order valence-corrected chi connectivity index (χ1v) is 6.50. The number of aliphatic hydroxyl groups is 1. The van der Waals surface area contributed by atoms with E-state index in [2.05, 4.69) is 23.2 Å². The maximum Gasteiger partial charge on any atom is 0.142 e. The molecule has 2 rings (SSSR count). The third kappa shape index (κ3) is 2.76. The van der Waals surface area contributed by atoms with Gasteiger partial charge in [-0.3, -0.25) is 0 Å². The Balaban J connectivity index is 2.18. The zero-order valence-electron chi connectivity index (χ0n) is 11.1. The van der Waals surface area contributed by atoms with Crippen LogP contribution in [0.25, 0.3) is 0 Å². The molecule has 2 unspecified atom stereocenters. The van der Waals surface area contributed by atoms with Crippen molar-refractivity contribution in [3.8, 4) is 5.75 Å². The number of methoxy groups -OCH3 is 1. The van der Waals surface area contributed by atoms with Crippen molar-refractivity contribution in [1.29, 1.82) is 0 Å². The van der Waals surface area contributed by atoms with E-state index >= 15 is 0 Å². The van der Waals surface area contributed by atoms with Crippen molar-refractivity contribution < 1.29 is 9.84 Å². The molecule has 100 valence electrons. The third-order valence-corrected chi connectivity index (χ3v) is 3.52. The summed E-state index contributed by atoms with van der Waals surface area (Å²) in [6.45, 7) is 4.27. The van der Waals surface area contributed by atoms with Crippen LogP contribution in [0.4, 0.5) is 5.69 Å². The maximum absolute atomic E-state index is 9.06. The second-order valence-corrected chi connectivity index (χ2v) is 4.79. The van der Waals surface area contributed by atoms with Gasteiger partial charge < -0.3 is 20.1 Å². The van der Waals surface area contributed by atoms with E-state index in [0.717, 1.165) is 30.9 Å². The SMILES string of the molecule is COc1ccccc1N1CC(CCO)NCC1C. The number of aliphatic hydroxyl groups excluding tert-OH is 1. The fraction of sp³-hybridized carbons (Fsp3) is 0.571. The van der Waals surface area contributed by atoms with E-state index in [-0.39, 0.29) is 6.61 Å². The lowest BCUT2D eigenvalue weighted by Crippen LogP contribution is -2.55. The minimum Gasteiger partial charge on any atom is -0.495 e. The maximum atomic E-state index is 9.06. The van der Waals surface area contributed by atoms with E-state index in [0.29, 0.717) is 12.1 Å². The first-order valence-electron chi connectivity index (χ1n) is 6.50. The van der Waals surface area contributed by atoms with Crippen LogP contribution in [0.3, 0.4) is 0 Å². The van der Waals surface area contributed by atoms with Crippen molar-refractivity contribution in [2.45, 2.75) is 25.4 Å². The fourth-order valence-corrected chi connectivity index (χ4v) is 2.48. The van der Waals surface area contributed by atoms with E-state index < -0.39 is 0 Å². The van der Waals surface area contributed by atoms with Crippen LogP contribution in [0.15, 0.2) is 24.3 Å². The number of anilines is 1. The average Bonchev–Trinajstić information content (AvgIpc) is 2.41. The first-order chi connectivity index (χ1) is 8.76. The number of piperazine rings is 1. The van der Waals surface area contributed by atoms with Gasteiger partial charge in [0.05, 0.1) is 12.8 Å². The molecule has 18 heavy (non-hydrogen) atoms. The number of rotatable bonds is 4. The van der Waals surface area contributed by atoms with Gasteiger partial charge in [-0.2, -0.15) is 0 Å². The third-order valence-electron chi connectivity index (χ3n) is 3.52. The average molecular weight is 250 g/mol. The van der Waals surface area contributed by atoms with E-state index in [4.69, 9.17) is 9.84 Å². The van der Waals surface area contributed by atoms with Crippen molar-refractivity contribution in [2.75, 3.05) is 31.7 Å². The molecule has 0 amide bonds. The molecule has 0 spiro atoms. The van der Waals surface area contributed by atoms with Crippen molar-refractivity contribution in [2.24, 2.45) is 0 Å². The van der Waals surface area contributed by atoms with Crippen LogP contribution in [-0.2, 0) is 0 Å². The topological polar surface area (TPSA) is 44.7 Å². The van der Waals surface area contributed by atoms with Crippen LogP contribution in [-0.4, -0.2) is 44.0 Å². The quantitative estimate of drug-likeness (QED) is 0.844. The molecule has 1 aliphatic heterocycles. The molecule has 4 nitrogen and oxygen atoms in total. The number of para-hydroxylation sites is 2. The summed E-state index contributed by atoms with van der Waals surface area (Å²) in [4.78, 5) is 2.36. The number of benzene rings is 1. The summed E-state index contributed by atoms with van der Waals surface area (Å²) in [5, 5.41) is 12.5. The minimum absolute atomic E-state index is 0.228. The van der Waals surface area contributed by atoms with E-state index in [1.54, 1.807) is 7.11 Å². The van der Waals surface area contributed by atoms with Gasteiger partial charge in [0.2, 0.25) is 0 Å². The number of hydrogen-bond donors (Lipinski definition) is 2. The van der Waals surface area contributed by atoms with Gasteiger partial charge in [0.1, 0.15) is 5.75 Å². The lowest BCUT2D eigenvalue weighted by Gasteiger charge is -2.40. The molecule has 0 saturated carbocycles. The summed E-state index contributed by atoms with van der Waals surface area (Å²) in [5.74, 6) is 0.911. The molecule has 1 aromatic carbocycles. The molecular formula is C14H22N2O2. The Labute approximate surface area is 109 Å². The Hall–Kier alpha value is -1.26. The minimum atomic E-state index is 0.228. The number of ether oxygens (including phenoxy) is 1. The molecule has 2 N–H and O–H groups in total. The van der Waals surface area contributed by atoms with Crippen LogP contribution in [0.1, 0.15) is 13.3 Å². The highest BCUT2D eigenvalue weighted by Gasteiger charge is 2.26. The van der Waals surface area contributed by atoms with Gasteiger partial charge in [-0.15, -0.1) is 0 Å². The predicted octanol–water partition coefficient (Wildman–Crippen LogP) is 1.24. The molecule has 0 bridgehead atoms. The zero-order chi connectivity index (χ0) is 13.0. The highest BCUT2D eigenvalue weighted by Crippen LogP contribution is 2.30. The monoisotopic (exact) mass is 250 g/mol. The Morgan fingerprint density at radius 3 is 2.94 bits per heavy atom. The molecule has 0 aliphatic carbocycles. The van der Waals surface area contributed by atoms with Gasteiger partial charge in [-0.05, 0) is 25.5 Å². The number of hydrogen-bond acceptors (Lipinski definition) is 4. The van der Waals surface area contributed by atoms with Gasteiger partial charge in [-0.25, -0.2) is 0 Å². The number of nitrogens with zero attached hydrogens (tertiary/aromatic N) is 1. The Bertz CT molecular complexity index is 384. The molecule has 2 atom stereocenters. The van der Waals surface area contributed by atoms with Gasteiger partial charge in [0.15, 0.2) is 0 Å². The van der Waals surface area contributed by atoms with Crippen molar-refractivity contribution in [3.05, 3.63) is 24.3 Å². The summed E-state index contributed by atoms with van der Waals surface area (Å²) in [6, 6.07) is 8.88. The van der Waals surface area contributed by atoms with Gasteiger partial charge in [0, 0.05) is 31.8 Å². The van der Waals surface area contributed by atoms with E-state index in [1.165, 1.54) is 0 Å². The summed E-state index contributed by atoms with van der Waals surface area (Å²) in [5.41, 5.74) is 1.14. The first kappa shape index (κ1) is 13.2. The van der Waals surface area contributed by atoms with Crippen LogP contribution >= 0.6 is 0 Å². The largest absolute Gasteiger partial charge is 0.495 e. The van der Waals surface area contributed by atoms with Crippen molar-refractivity contribution in [1.82, 2.24) is 5.32 Å². The van der Waals surface area contributed by atoms with Gasteiger partial charge in [0.25, 0.3) is 0 Å². The molecule has 0 radical (unpaired) electrons. The Kier molecular flexibility index (Phi) is 4.44. The van der Waals surface area contributed by atoms with E-state index in [1.807, 2.05) is 18.2 Å². The standard InChI is InChI=1S/C14H22N2O2/c1-11-9-15-12(7-8-17)10-16(11)13-5-3-4-6-14(13)18-2/h3-6,11-12,15,17H,7-10H2,1-2H3. The second-order valence-electron chi connectivity index (χ2n) is 4.79. The highest BCUT2D eigenvalue weighted by atomic mass is 16.5. The van der Waals surface area contributed by atoms with Gasteiger partial charge >= 0.3 is 0 Å². The van der Waals surface area contributed by atoms with E-state index in [9.17, 15) is 0 Å². The molecule has 1 aromatic rings. The lowest BCUT2D eigenvalue weighted by atomic mass is 10.1. The second kappa shape index (κ2) is 6.07. The molecule has 1 saturated heterocycles. The van der Waals surface area contributed by atoms with Crippen LogP contribution in [0.5, 0.6) is 5.75 Å². The van der Waals surface area contributed by atoms with Crippen LogP contribution in [0.2, 0.25) is 0 Å². The summed E-state index contributed by atoms with van der Waals surface area (Å²) >= 11 is 0. The van der Waals surface area contributed by atoms with Crippen molar-refractivity contribution >= 4 is 5.69 Å². The fourth-order valence-electron chi connectivity index (χ4n) is 2.48. The molecule has 0 aromatic heterocycles. The number of nitrogens with one attached hydrogen (secondary N) is 1. The molecule has 1 aliphatic rings. The predicted molar refractivity (Wildman–Crippen MR) is 73.3 cm³/mol. The van der Waals surface area contributed by atoms with Crippen LogP contribution < -0.4 is 15.0 Å². The Morgan fingerprint density at radius 1 is 1.44 bits per heavy atom. The zero-order valence-corrected chi connectivity index (χ0v) is 11.1. The van der Waals surface area contributed by atoms with Crippen LogP contribution in [0, 0.1) is 0 Å². The highest BCUT2D eigenvalue weighted by molar-refractivity contribution is 5.59. The summed E-state index contributed by atoms with van der Waals surface area (Å²) in [6.07, 6.45) is 0.790. The normalized spacial score (nSPS) is 24.1. The smallest absolute Gasteiger partial charge is 0.142 e. The molecular weight excluding hydrogens is 228 g/mol. The lowest BCUT2D eigenvalue weighted by molar-refractivity contribution is 0.254. The summed E-state index contributed by atoms with van der Waals surface area (Å²) in [7, 11) is 1.71. The molecule has 4 heteroatoms. The Morgan fingerprint density at radius 2 is 2.22 bits per heavy atom. The molecule has 1 heterocycles.